The van der Waals surface area contributed by atoms with Crippen LogP contribution >= 0.6 is 0 Å². The molecule has 2 unspecified atom stereocenters. The van der Waals surface area contributed by atoms with Gasteiger partial charge in [0.25, 0.3) is 0 Å². The van der Waals surface area contributed by atoms with Crippen LogP contribution in [0.2, 0.25) is 0 Å². The summed E-state index contributed by atoms with van der Waals surface area (Å²) < 4.78 is 0. The lowest BCUT2D eigenvalue weighted by molar-refractivity contribution is 0.442. The summed E-state index contributed by atoms with van der Waals surface area (Å²) in [5.74, 6) is 1.69. The minimum atomic E-state index is 0.808. The molecular formula is C13H20. The first-order valence-corrected chi connectivity index (χ1v) is 5.58. The highest BCUT2D eigenvalue weighted by molar-refractivity contribution is 5.41. The molecule has 0 spiro atoms. The summed E-state index contributed by atoms with van der Waals surface area (Å²) in [6.45, 7) is 7.02. The van der Waals surface area contributed by atoms with Crippen molar-refractivity contribution in [3.8, 4) is 0 Å². The van der Waals surface area contributed by atoms with Gasteiger partial charge in [-0.1, -0.05) is 36.1 Å². The predicted molar refractivity (Wildman–Crippen MR) is 57.6 cm³/mol. The van der Waals surface area contributed by atoms with Crippen molar-refractivity contribution in [2.75, 3.05) is 0 Å². The van der Waals surface area contributed by atoms with Gasteiger partial charge in [-0.25, -0.2) is 0 Å². The van der Waals surface area contributed by atoms with Crippen molar-refractivity contribution in [3.05, 3.63) is 22.8 Å². The van der Waals surface area contributed by atoms with Crippen molar-refractivity contribution in [2.45, 2.75) is 46.5 Å². The second kappa shape index (κ2) is 3.32. The van der Waals surface area contributed by atoms with Crippen LogP contribution in [0.15, 0.2) is 22.8 Å². The van der Waals surface area contributed by atoms with E-state index in [1.54, 1.807) is 16.7 Å². The number of hydrogen-bond acceptors (Lipinski definition) is 0. The minimum absolute atomic E-state index is 0.808. The molecule has 0 aliphatic heterocycles. The van der Waals surface area contributed by atoms with Crippen LogP contribution in [0.5, 0.6) is 0 Å². The molecule has 0 saturated heterocycles. The minimum Gasteiger partial charge on any atom is -0.0656 e. The smallest absolute Gasteiger partial charge is 0.00388 e. The fourth-order valence-electron chi connectivity index (χ4n) is 3.14. The molecule has 0 aromatic rings. The molecule has 0 amide bonds. The molecule has 2 atom stereocenters. The van der Waals surface area contributed by atoms with Crippen LogP contribution in [0.4, 0.5) is 0 Å². The number of hydrogen-bond donors (Lipinski definition) is 0. The van der Waals surface area contributed by atoms with Crippen LogP contribution in [0.25, 0.3) is 0 Å². The number of allylic oxidation sites excluding steroid dienone is 4. The Morgan fingerprint density at radius 3 is 2.77 bits per heavy atom. The summed E-state index contributed by atoms with van der Waals surface area (Å²) in [7, 11) is 0. The summed E-state index contributed by atoms with van der Waals surface area (Å²) in [5.41, 5.74) is 4.93. The van der Waals surface area contributed by atoms with E-state index in [1.807, 2.05) is 0 Å². The average Bonchev–Trinajstić information content (AvgIpc) is 2.28. The van der Waals surface area contributed by atoms with Gasteiger partial charge in [-0.3, -0.25) is 0 Å². The van der Waals surface area contributed by atoms with Crippen LogP contribution in [-0.2, 0) is 0 Å². The monoisotopic (exact) mass is 176 g/mol. The molecule has 0 bridgehead atoms. The van der Waals surface area contributed by atoms with Gasteiger partial charge in [0, 0.05) is 5.92 Å². The highest BCUT2D eigenvalue weighted by atomic mass is 14.3. The lowest BCUT2D eigenvalue weighted by Gasteiger charge is -2.21. The van der Waals surface area contributed by atoms with Gasteiger partial charge in [-0.15, -0.1) is 0 Å². The Hall–Kier alpha value is -0.520. The van der Waals surface area contributed by atoms with E-state index >= 15 is 0 Å². The first-order valence-electron chi connectivity index (χ1n) is 5.58. The Kier molecular flexibility index (Phi) is 2.31. The standard InChI is InChI=1S/C13H20/c1-9-6-4-5-7-12-10(2)8-11(3)13(9)12/h8-9,13H,4-7H2,1-3H3. The Labute approximate surface area is 81.7 Å². The summed E-state index contributed by atoms with van der Waals surface area (Å²) in [4.78, 5) is 0. The molecule has 1 saturated carbocycles. The van der Waals surface area contributed by atoms with Crippen LogP contribution in [0.1, 0.15) is 46.5 Å². The van der Waals surface area contributed by atoms with Crippen molar-refractivity contribution < 1.29 is 0 Å². The van der Waals surface area contributed by atoms with Gasteiger partial charge in [-0.05, 0) is 39.0 Å². The highest BCUT2D eigenvalue weighted by Crippen LogP contribution is 2.43. The Morgan fingerprint density at radius 1 is 1.23 bits per heavy atom. The first kappa shape index (κ1) is 9.05. The van der Waals surface area contributed by atoms with E-state index in [0.29, 0.717) is 0 Å². The van der Waals surface area contributed by atoms with Gasteiger partial charge in [-0.2, -0.15) is 0 Å². The van der Waals surface area contributed by atoms with Crippen LogP contribution in [0.3, 0.4) is 0 Å². The van der Waals surface area contributed by atoms with Crippen LogP contribution < -0.4 is 0 Å². The van der Waals surface area contributed by atoms with E-state index in [-0.39, 0.29) is 0 Å². The molecule has 2 rings (SSSR count). The van der Waals surface area contributed by atoms with Gasteiger partial charge < -0.3 is 0 Å². The largest absolute Gasteiger partial charge is 0.0656 e. The van der Waals surface area contributed by atoms with Crippen molar-refractivity contribution in [1.82, 2.24) is 0 Å². The zero-order chi connectivity index (χ0) is 9.42. The van der Waals surface area contributed by atoms with E-state index in [9.17, 15) is 0 Å². The summed E-state index contributed by atoms with van der Waals surface area (Å²) in [5, 5.41) is 0. The van der Waals surface area contributed by atoms with E-state index < -0.39 is 0 Å². The van der Waals surface area contributed by atoms with Gasteiger partial charge in [0.05, 0.1) is 0 Å². The summed E-state index contributed by atoms with van der Waals surface area (Å²) >= 11 is 0. The normalized spacial score (nSPS) is 34.2. The van der Waals surface area contributed by atoms with Crippen molar-refractivity contribution in [3.63, 3.8) is 0 Å². The average molecular weight is 176 g/mol. The lowest BCUT2D eigenvalue weighted by atomic mass is 9.83. The van der Waals surface area contributed by atoms with Crippen LogP contribution in [-0.4, -0.2) is 0 Å². The molecule has 0 nitrogen and oxygen atoms in total. The molecule has 0 aromatic heterocycles. The van der Waals surface area contributed by atoms with E-state index in [2.05, 4.69) is 26.8 Å². The lowest BCUT2D eigenvalue weighted by Crippen LogP contribution is -2.11. The van der Waals surface area contributed by atoms with Crippen molar-refractivity contribution in [1.29, 1.82) is 0 Å². The second-order valence-electron chi connectivity index (χ2n) is 4.80. The molecule has 0 N–H and O–H groups in total. The molecule has 0 radical (unpaired) electrons. The quantitative estimate of drug-likeness (QED) is 0.521. The van der Waals surface area contributed by atoms with E-state index in [1.165, 1.54) is 25.7 Å². The maximum Gasteiger partial charge on any atom is 0.00388 e. The van der Waals surface area contributed by atoms with E-state index in [4.69, 9.17) is 0 Å². The molecule has 2 aliphatic carbocycles. The third kappa shape index (κ3) is 1.47. The summed E-state index contributed by atoms with van der Waals surface area (Å²) in [6, 6.07) is 0. The van der Waals surface area contributed by atoms with E-state index in [0.717, 1.165) is 11.8 Å². The van der Waals surface area contributed by atoms with Gasteiger partial charge in [0.1, 0.15) is 0 Å². The summed E-state index contributed by atoms with van der Waals surface area (Å²) in [6.07, 6.45) is 8.03. The Morgan fingerprint density at radius 2 is 2.00 bits per heavy atom. The first-order chi connectivity index (χ1) is 6.20. The van der Waals surface area contributed by atoms with Gasteiger partial charge in [0.2, 0.25) is 0 Å². The molecule has 72 valence electrons. The SMILES string of the molecule is CC1=CC(C)=C2CCCCC(C)C12. The molecule has 1 fully saturated rings. The Bertz CT molecular complexity index is 268. The molecular weight excluding hydrogens is 156 g/mol. The maximum atomic E-state index is 2.42. The van der Waals surface area contributed by atoms with Gasteiger partial charge in [0.15, 0.2) is 0 Å². The van der Waals surface area contributed by atoms with Crippen LogP contribution in [0, 0.1) is 11.8 Å². The molecule has 0 heteroatoms. The topological polar surface area (TPSA) is 0 Å². The fourth-order valence-corrected chi connectivity index (χ4v) is 3.14. The Balaban J connectivity index is 2.32. The fraction of sp³-hybridized carbons (Fsp3) is 0.692. The predicted octanol–water partition coefficient (Wildman–Crippen LogP) is 4.09. The number of rotatable bonds is 0. The third-order valence-corrected chi connectivity index (χ3v) is 3.74. The second-order valence-corrected chi connectivity index (χ2v) is 4.80. The molecule has 0 aromatic carbocycles. The number of fused-ring (bicyclic) bond motifs is 1. The maximum absolute atomic E-state index is 2.42. The van der Waals surface area contributed by atoms with Crippen molar-refractivity contribution >= 4 is 0 Å². The zero-order valence-corrected chi connectivity index (χ0v) is 9.06. The highest BCUT2D eigenvalue weighted by Gasteiger charge is 2.29. The van der Waals surface area contributed by atoms with Crippen molar-refractivity contribution in [2.24, 2.45) is 11.8 Å². The molecule has 0 heterocycles. The molecule has 2 aliphatic rings. The zero-order valence-electron chi connectivity index (χ0n) is 9.06. The van der Waals surface area contributed by atoms with Gasteiger partial charge >= 0.3 is 0 Å². The third-order valence-electron chi connectivity index (χ3n) is 3.74. The molecule has 13 heavy (non-hydrogen) atoms.